The second-order valence-electron chi connectivity index (χ2n) is 8.66. The van der Waals surface area contributed by atoms with Gasteiger partial charge in [0, 0.05) is 19.3 Å². The van der Waals surface area contributed by atoms with Crippen molar-refractivity contribution in [2.45, 2.75) is 45.1 Å². The minimum atomic E-state index is -0.791. The van der Waals surface area contributed by atoms with Crippen molar-refractivity contribution in [3.05, 3.63) is 81.1 Å². The zero-order valence-corrected chi connectivity index (χ0v) is 21.9. The first-order valence-electron chi connectivity index (χ1n) is 12.2. The second-order valence-corrected chi connectivity index (χ2v) is 10.3. The third-order valence-corrected chi connectivity index (χ3v) is 7.43. The number of carbonyl (C=O) groups excluding carboxylic acids is 1. The molecule has 1 fully saturated rings. The molecule has 1 aliphatic rings. The maximum atomic E-state index is 13.4. The molecule has 36 heavy (non-hydrogen) atoms. The number of aromatic nitrogens is 2. The predicted octanol–water partition coefficient (Wildman–Crippen LogP) is 5.01. The van der Waals surface area contributed by atoms with Crippen LogP contribution in [-0.2, 0) is 4.79 Å². The summed E-state index contributed by atoms with van der Waals surface area (Å²) in [7, 11) is 0. The van der Waals surface area contributed by atoms with Crippen molar-refractivity contribution in [3.63, 3.8) is 0 Å². The highest BCUT2D eigenvalue weighted by molar-refractivity contribution is 8.26. The molecular formula is C27H30N4O3S2. The van der Waals surface area contributed by atoms with Crippen molar-refractivity contribution in [2.24, 2.45) is 0 Å². The Morgan fingerprint density at radius 2 is 1.83 bits per heavy atom. The highest BCUT2D eigenvalue weighted by atomic mass is 32.2. The molecular weight excluding hydrogens is 492 g/mol. The van der Waals surface area contributed by atoms with E-state index >= 15 is 0 Å². The molecule has 0 spiro atoms. The van der Waals surface area contributed by atoms with Crippen molar-refractivity contribution in [1.29, 1.82) is 0 Å². The number of rotatable bonds is 11. The molecule has 9 heteroatoms. The lowest BCUT2D eigenvalue weighted by Crippen LogP contribution is -2.29. The summed E-state index contributed by atoms with van der Waals surface area (Å²) >= 11 is 6.68. The van der Waals surface area contributed by atoms with E-state index in [9.17, 15) is 14.7 Å². The maximum absolute atomic E-state index is 13.4. The van der Waals surface area contributed by atoms with E-state index in [1.54, 1.807) is 35.4 Å². The smallest absolute Gasteiger partial charge is 0.267 e. The van der Waals surface area contributed by atoms with Gasteiger partial charge >= 0.3 is 0 Å². The number of nitrogens with zero attached hydrogens (tertiary/aromatic N) is 3. The summed E-state index contributed by atoms with van der Waals surface area (Å²) in [6.45, 7) is 2.90. The molecule has 1 amide bonds. The molecule has 1 saturated heterocycles. The van der Waals surface area contributed by atoms with Crippen molar-refractivity contribution >= 4 is 51.7 Å². The number of thioether (sulfide) groups is 1. The van der Waals surface area contributed by atoms with E-state index in [1.807, 2.05) is 30.3 Å². The second kappa shape index (κ2) is 12.3. The summed E-state index contributed by atoms with van der Waals surface area (Å²) in [5.74, 6) is 0.124. The number of anilines is 1. The normalized spacial score (nSPS) is 15.7. The van der Waals surface area contributed by atoms with Crippen LogP contribution in [0.4, 0.5) is 5.82 Å². The van der Waals surface area contributed by atoms with Crippen LogP contribution >= 0.6 is 24.0 Å². The number of amides is 1. The molecule has 3 aromatic rings. The lowest BCUT2D eigenvalue weighted by Gasteiger charge is -2.15. The molecule has 1 aliphatic heterocycles. The number of nitrogens with one attached hydrogen (secondary N) is 1. The third kappa shape index (κ3) is 6.03. The molecule has 4 rings (SSSR count). The van der Waals surface area contributed by atoms with Gasteiger partial charge in [0.15, 0.2) is 0 Å². The van der Waals surface area contributed by atoms with E-state index in [0.29, 0.717) is 27.2 Å². The fourth-order valence-electron chi connectivity index (χ4n) is 4.05. The molecule has 0 unspecified atom stereocenters. The summed E-state index contributed by atoms with van der Waals surface area (Å²) in [5, 5.41) is 13.7. The number of hydrogen-bond acceptors (Lipinski definition) is 7. The Kier molecular flexibility index (Phi) is 8.90. The number of aliphatic hydroxyl groups is 1. The van der Waals surface area contributed by atoms with Gasteiger partial charge in [-0.2, -0.15) is 0 Å². The number of unbranched alkanes of at least 4 members (excludes halogenated alkanes) is 4. The first-order chi connectivity index (χ1) is 17.5. The lowest BCUT2D eigenvalue weighted by molar-refractivity contribution is -0.122. The highest BCUT2D eigenvalue weighted by Crippen LogP contribution is 2.33. The molecule has 1 atom stereocenters. The van der Waals surface area contributed by atoms with Crippen LogP contribution in [0, 0.1) is 0 Å². The number of fused-ring (bicyclic) bond motifs is 1. The first-order valence-corrected chi connectivity index (χ1v) is 13.5. The van der Waals surface area contributed by atoms with Crippen molar-refractivity contribution in [3.8, 4) is 0 Å². The summed E-state index contributed by atoms with van der Waals surface area (Å²) in [5.41, 5.74) is 1.17. The Balaban J connectivity index is 1.60. The van der Waals surface area contributed by atoms with Crippen molar-refractivity contribution in [2.75, 3.05) is 18.4 Å². The van der Waals surface area contributed by atoms with Gasteiger partial charge in [-0.1, -0.05) is 93.0 Å². The third-order valence-electron chi connectivity index (χ3n) is 6.05. The molecule has 1 aromatic carbocycles. The number of hydrogen-bond donors (Lipinski definition) is 2. The monoisotopic (exact) mass is 522 g/mol. The lowest BCUT2D eigenvalue weighted by atomic mass is 10.1. The van der Waals surface area contributed by atoms with Gasteiger partial charge in [0.1, 0.15) is 15.8 Å². The van der Waals surface area contributed by atoms with Crippen molar-refractivity contribution in [1.82, 2.24) is 14.3 Å². The number of thiocarbonyl (C=S) groups is 1. The van der Waals surface area contributed by atoms with Crippen LogP contribution in [0.3, 0.4) is 0 Å². The van der Waals surface area contributed by atoms with E-state index in [0.717, 1.165) is 31.2 Å². The average molecular weight is 523 g/mol. The van der Waals surface area contributed by atoms with Gasteiger partial charge < -0.3 is 10.4 Å². The molecule has 0 aliphatic carbocycles. The van der Waals surface area contributed by atoms with Crippen LogP contribution in [0.2, 0.25) is 0 Å². The molecule has 3 heterocycles. The Bertz CT molecular complexity index is 1320. The van der Waals surface area contributed by atoms with Gasteiger partial charge in [-0.25, -0.2) is 4.98 Å². The predicted molar refractivity (Wildman–Crippen MR) is 150 cm³/mol. The molecule has 188 valence electrons. The molecule has 2 aromatic heterocycles. The van der Waals surface area contributed by atoms with Crippen LogP contribution in [0.15, 0.2) is 64.4 Å². The first kappa shape index (κ1) is 26.1. The van der Waals surface area contributed by atoms with Crippen LogP contribution in [0.25, 0.3) is 11.7 Å². The summed E-state index contributed by atoms with van der Waals surface area (Å²) in [4.78, 5) is 33.2. The zero-order valence-electron chi connectivity index (χ0n) is 20.2. The number of benzene rings is 1. The van der Waals surface area contributed by atoms with Crippen molar-refractivity contribution < 1.29 is 9.90 Å². The minimum Gasteiger partial charge on any atom is -0.387 e. The Labute approximate surface area is 220 Å². The van der Waals surface area contributed by atoms with Gasteiger partial charge in [0.2, 0.25) is 0 Å². The molecule has 0 saturated carbocycles. The van der Waals surface area contributed by atoms with Crippen LogP contribution < -0.4 is 10.9 Å². The molecule has 0 bridgehead atoms. The van der Waals surface area contributed by atoms with Gasteiger partial charge in [-0.05, 0) is 30.2 Å². The van der Waals surface area contributed by atoms with Gasteiger partial charge in [0.25, 0.3) is 11.5 Å². The highest BCUT2D eigenvalue weighted by Gasteiger charge is 2.32. The maximum Gasteiger partial charge on any atom is 0.267 e. The Morgan fingerprint density at radius 3 is 2.61 bits per heavy atom. The van der Waals surface area contributed by atoms with Crippen LogP contribution in [0.1, 0.15) is 56.3 Å². The van der Waals surface area contributed by atoms with E-state index < -0.39 is 6.10 Å². The fourth-order valence-corrected chi connectivity index (χ4v) is 5.34. The largest absolute Gasteiger partial charge is 0.387 e. The fraction of sp³-hybridized carbons (Fsp3) is 0.333. The van der Waals surface area contributed by atoms with Gasteiger partial charge in [-0.3, -0.25) is 18.9 Å². The summed E-state index contributed by atoms with van der Waals surface area (Å²) in [6, 6.07) is 14.6. The topological polar surface area (TPSA) is 86.9 Å². The van der Waals surface area contributed by atoms with E-state index in [1.165, 1.54) is 22.6 Å². The number of carbonyl (C=O) groups is 1. The molecule has 7 nitrogen and oxygen atoms in total. The molecule has 0 radical (unpaired) electrons. The molecule has 2 N–H and O–H groups in total. The Morgan fingerprint density at radius 1 is 1.08 bits per heavy atom. The SMILES string of the molecule is CCCCCCCN1C(=O)/C(=C/c2c(NC[C@@H](O)c3ccccc3)nc3ccccn3c2=O)SC1=S. The van der Waals surface area contributed by atoms with E-state index in [4.69, 9.17) is 12.2 Å². The number of pyridine rings is 1. The van der Waals surface area contributed by atoms with Crippen LogP contribution in [0.5, 0.6) is 0 Å². The Hall–Kier alpha value is -3.01. The minimum absolute atomic E-state index is 0.152. The standard InChI is InChI=1S/C27H30N4O3S2/c1-2-3-4-5-10-16-31-26(34)22(36-27(31)35)17-20-24(28-18-21(32)19-12-7-6-8-13-19)29-23-14-9-11-15-30(23)25(20)33/h6-9,11-15,17,21,28,32H,2-5,10,16,18H2,1H3/b22-17-/t21-/m1/s1. The van der Waals surface area contributed by atoms with E-state index in [-0.39, 0.29) is 23.6 Å². The summed E-state index contributed by atoms with van der Waals surface area (Å²) < 4.78 is 1.95. The van der Waals surface area contributed by atoms with Gasteiger partial charge in [-0.15, -0.1) is 0 Å². The average Bonchev–Trinajstić information content (AvgIpc) is 3.16. The quantitative estimate of drug-likeness (QED) is 0.208. The van der Waals surface area contributed by atoms with Crippen LogP contribution in [-0.4, -0.2) is 42.7 Å². The van der Waals surface area contributed by atoms with E-state index in [2.05, 4.69) is 17.2 Å². The number of aliphatic hydroxyl groups excluding tert-OH is 1. The zero-order chi connectivity index (χ0) is 25.5. The summed E-state index contributed by atoms with van der Waals surface area (Å²) in [6.07, 6.45) is 7.87. The van der Waals surface area contributed by atoms with Gasteiger partial charge in [0.05, 0.1) is 16.6 Å².